The van der Waals surface area contributed by atoms with Crippen LogP contribution >= 0.6 is 0 Å². The highest BCUT2D eigenvalue weighted by molar-refractivity contribution is 5.96. The lowest BCUT2D eigenvalue weighted by atomic mass is 10.0. The van der Waals surface area contributed by atoms with E-state index in [1.54, 1.807) is 13.8 Å². The lowest BCUT2D eigenvalue weighted by Gasteiger charge is -2.34. The molecule has 3 atom stereocenters. The van der Waals surface area contributed by atoms with Crippen molar-refractivity contribution in [1.82, 2.24) is 15.5 Å². The van der Waals surface area contributed by atoms with Crippen LogP contribution in [0.25, 0.3) is 0 Å². The fraction of sp³-hybridized carbons (Fsp3) is 0.867. The number of carbonyl (C=O) groups is 2. The molecule has 1 heterocycles. The summed E-state index contributed by atoms with van der Waals surface area (Å²) in [5, 5.41) is 14.6. The second-order valence-electron chi connectivity index (χ2n) is 5.85. The molecule has 3 amide bonds. The van der Waals surface area contributed by atoms with Crippen molar-refractivity contribution >= 4 is 11.9 Å². The first-order valence-corrected chi connectivity index (χ1v) is 7.98. The lowest BCUT2D eigenvalue weighted by Crippen LogP contribution is -2.53. The highest BCUT2D eigenvalue weighted by atomic mass is 16.3. The van der Waals surface area contributed by atoms with Crippen molar-refractivity contribution in [2.45, 2.75) is 71.1 Å². The number of aliphatic hydroxyl groups is 1. The maximum Gasteiger partial charge on any atom is 0.321 e. The molecule has 1 saturated heterocycles. The summed E-state index contributed by atoms with van der Waals surface area (Å²) in [5.41, 5.74) is 0. The van der Waals surface area contributed by atoms with Crippen LogP contribution in [0.5, 0.6) is 0 Å². The molecule has 1 aliphatic heterocycles. The van der Waals surface area contributed by atoms with Gasteiger partial charge in [0.2, 0.25) is 5.91 Å². The van der Waals surface area contributed by atoms with Gasteiger partial charge in [0.05, 0.1) is 12.1 Å². The summed E-state index contributed by atoms with van der Waals surface area (Å²) in [4.78, 5) is 25.8. The number of hydrogen-bond acceptors (Lipinski definition) is 4. The van der Waals surface area contributed by atoms with Crippen molar-refractivity contribution in [3.05, 3.63) is 0 Å². The van der Waals surface area contributed by atoms with Gasteiger partial charge in [-0.2, -0.15) is 0 Å². The number of aliphatic hydroxyl groups excluding tert-OH is 1. The minimum atomic E-state index is -0.448. The molecule has 6 nitrogen and oxygen atoms in total. The van der Waals surface area contributed by atoms with Gasteiger partial charge in [0.15, 0.2) is 0 Å². The van der Waals surface area contributed by atoms with Crippen LogP contribution in [0.4, 0.5) is 4.79 Å². The molecule has 0 radical (unpaired) electrons. The third-order valence-corrected chi connectivity index (χ3v) is 3.99. The highest BCUT2D eigenvalue weighted by Crippen LogP contribution is 2.22. The molecule has 21 heavy (non-hydrogen) atoms. The standard InChI is InChI=1S/C15H29N3O3/c1-4-16-15(21)17-14(20)12(3)18-9-7-5-6-8-13(18)10-11(2)19/h11-13,19H,4-10H2,1-3H3,(H2,16,17,20,21). The quantitative estimate of drug-likeness (QED) is 0.713. The number of rotatable bonds is 5. The second-order valence-corrected chi connectivity index (χ2v) is 5.85. The van der Waals surface area contributed by atoms with Crippen LogP contribution in [0.3, 0.4) is 0 Å². The first-order chi connectivity index (χ1) is 9.95. The van der Waals surface area contributed by atoms with Gasteiger partial charge in [-0.1, -0.05) is 12.8 Å². The Morgan fingerprint density at radius 1 is 1.29 bits per heavy atom. The van der Waals surface area contributed by atoms with Crippen LogP contribution in [0.15, 0.2) is 0 Å². The summed E-state index contributed by atoms with van der Waals surface area (Å²) in [7, 11) is 0. The van der Waals surface area contributed by atoms with Crippen LogP contribution in [0, 0.1) is 0 Å². The van der Waals surface area contributed by atoms with E-state index in [4.69, 9.17) is 0 Å². The molecule has 6 heteroatoms. The van der Waals surface area contributed by atoms with Crippen LogP contribution < -0.4 is 10.6 Å². The first kappa shape index (κ1) is 17.9. The van der Waals surface area contributed by atoms with Gasteiger partial charge in [-0.25, -0.2) is 4.79 Å². The van der Waals surface area contributed by atoms with E-state index in [2.05, 4.69) is 15.5 Å². The van der Waals surface area contributed by atoms with Gasteiger partial charge < -0.3 is 10.4 Å². The van der Waals surface area contributed by atoms with Crippen LogP contribution in [0.2, 0.25) is 0 Å². The van der Waals surface area contributed by atoms with Crippen molar-refractivity contribution in [2.75, 3.05) is 13.1 Å². The van der Waals surface area contributed by atoms with Gasteiger partial charge in [0.25, 0.3) is 0 Å². The highest BCUT2D eigenvalue weighted by Gasteiger charge is 2.30. The van der Waals surface area contributed by atoms with Crippen LogP contribution in [-0.4, -0.2) is 53.2 Å². The minimum Gasteiger partial charge on any atom is -0.393 e. The smallest absolute Gasteiger partial charge is 0.321 e. The maximum atomic E-state index is 12.2. The summed E-state index contributed by atoms with van der Waals surface area (Å²) >= 11 is 0. The third-order valence-electron chi connectivity index (χ3n) is 3.99. The van der Waals surface area contributed by atoms with Gasteiger partial charge in [-0.05, 0) is 46.6 Å². The topological polar surface area (TPSA) is 81.7 Å². The average molecular weight is 299 g/mol. The number of nitrogens with one attached hydrogen (secondary N) is 2. The average Bonchev–Trinajstić information content (AvgIpc) is 2.62. The molecule has 3 N–H and O–H groups in total. The number of nitrogens with zero attached hydrogens (tertiary/aromatic N) is 1. The van der Waals surface area contributed by atoms with Crippen molar-refractivity contribution in [2.24, 2.45) is 0 Å². The summed E-state index contributed by atoms with van der Waals surface area (Å²) in [6.07, 6.45) is 4.60. The fourth-order valence-corrected chi connectivity index (χ4v) is 2.93. The predicted octanol–water partition coefficient (Wildman–Crippen LogP) is 1.24. The zero-order valence-electron chi connectivity index (χ0n) is 13.4. The van der Waals surface area contributed by atoms with Crippen molar-refractivity contribution in [3.8, 4) is 0 Å². The Morgan fingerprint density at radius 3 is 2.62 bits per heavy atom. The third kappa shape index (κ3) is 6.01. The molecular weight excluding hydrogens is 270 g/mol. The van der Waals surface area contributed by atoms with Gasteiger partial charge in [-0.15, -0.1) is 0 Å². The molecule has 0 aliphatic carbocycles. The van der Waals surface area contributed by atoms with Crippen molar-refractivity contribution in [3.63, 3.8) is 0 Å². The maximum absolute atomic E-state index is 12.2. The molecule has 1 fully saturated rings. The molecule has 0 aromatic carbocycles. The normalized spacial score (nSPS) is 23.0. The molecule has 3 unspecified atom stereocenters. The van der Waals surface area contributed by atoms with Crippen molar-refractivity contribution < 1.29 is 14.7 Å². The van der Waals surface area contributed by atoms with Gasteiger partial charge in [-0.3, -0.25) is 15.0 Å². The SMILES string of the molecule is CCNC(=O)NC(=O)C(C)N1CCCCCC1CC(C)O. The van der Waals surface area contributed by atoms with Gasteiger partial charge >= 0.3 is 6.03 Å². The van der Waals surface area contributed by atoms with E-state index in [-0.39, 0.29) is 24.1 Å². The summed E-state index contributed by atoms with van der Waals surface area (Å²) in [6, 6.07) is -0.617. The number of likely N-dealkylation sites (tertiary alicyclic amines) is 1. The zero-order valence-corrected chi connectivity index (χ0v) is 13.4. The van der Waals surface area contributed by atoms with E-state index in [0.717, 1.165) is 32.2 Å². The number of carbonyl (C=O) groups excluding carboxylic acids is 2. The number of amides is 3. The Labute approximate surface area is 127 Å². The molecule has 0 spiro atoms. The van der Waals surface area contributed by atoms with E-state index < -0.39 is 6.03 Å². The van der Waals surface area contributed by atoms with E-state index in [9.17, 15) is 14.7 Å². The first-order valence-electron chi connectivity index (χ1n) is 7.98. The van der Waals surface area contributed by atoms with Gasteiger partial charge in [0.1, 0.15) is 0 Å². The molecule has 0 aromatic heterocycles. The number of hydrogen-bond donors (Lipinski definition) is 3. The van der Waals surface area contributed by atoms with Crippen LogP contribution in [0.1, 0.15) is 52.9 Å². The molecule has 1 aliphatic rings. The molecule has 0 saturated carbocycles. The van der Waals surface area contributed by atoms with Crippen molar-refractivity contribution in [1.29, 1.82) is 0 Å². The monoisotopic (exact) mass is 299 g/mol. The number of imide groups is 1. The van der Waals surface area contributed by atoms with E-state index in [0.29, 0.717) is 13.0 Å². The Balaban J connectivity index is 2.67. The summed E-state index contributed by atoms with van der Waals surface area (Å²) in [5.74, 6) is -0.279. The Bertz CT molecular complexity index is 347. The Kier molecular flexibility index (Phi) is 7.67. The number of urea groups is 1. The summed E-state index contributed by atoms with van der Waals surface area (Å²) < 4.78 is 0. The zero-order chi connectivity index (χ0) is 15.8. The molecule has 1 rings (SSSR count). The molecular formula is C15H29N3O3. The molecule has 0 bridgehead atoms. The lowest BCUT2D eigenvalue weighted by molar-refractivity contribution is -0.126. The van der Waals surface area contributed by atoms with E-state index in [1.807, 2.05) is 6.92 Å². The fourth-order valence-electron chi connectivity index (χ4n) is 2.93. The Hall–Kier alpha value is -1.14. The summed E-state index contributed by atoms with van der Waals surface area (Å²) in [6.45, 7) is 6.74. The van der Waals surface area contributed by atoms with E-state index in [1.165, 1.54) is 0 Å². The molecule has 122 valence electrons. The largest absolute Gasteiger partial charge is 0.393 e. The Morgan fingerprint density at radius 2 is 2.00 bits per heavy atom. The molecule has 0 aromatic rings. The second kappa shape index (κ2) is 9.00. The van der Waals surface area contributed by atoms with Gasteiger partial charge in [0, 0.05) is 12.6 Å². The van der Waals surface area contributed by atoms with E-state index >= 15 is 0 Å². The predicted molar refractivity (Wildman–Crippen MR) is 81.9 cm³/mol. The van der Waals surface area contributed by atoms with Crippen LogP contribution in [-0.2, 0) is 4.79 Å². The minimum absolute atomic E-state index is 0.197.